The van der Waals surface area contributed by atoms with Gasteiger partial charge in [0.05, 0.1) is 32.1 Å². The molecule has 0 heterocycles. The first-order valence-electron chi connectivity index (χ1n) is 9.85. The number of aliphatic hydroxyl groups is 3. The lowest BCUT2D eigenvalue weighted by atomic mass is 10.1. The van der Waals surface area contributed by atoms with Gasteiger partial charge in [-0.15, -0.1) is 0 Å². The molecule has 0 saturated carbocycles. The first-order chi connectivity index (χ1) is 11.7. The van der Waals surface area contributed by atoms with Crippen LogP contribution in [0.5, 0.6) is 0 Å². The van der Waals surface area contributed by atoms with Gasteiger partial charge in [0.2, 0.25) is 0 Å². The molecule has 0 aromatic rings. The first-order valence-corrected chi connectivity index (χ1v) is 9.85. The Kier molecular flexibility index (Phi) is 17.5. The second-order valence-corrected chi connectivity index (χ2v) is 6.83. The molecular formula is C19H41NO4. The highest BCUT2D eigenvalue weighted by Crippen LogP contribution is 2.11. The van der Waals surface area contributed by atoms with E-state index in [0.29, 0.717) is 6.61 Å². The molecule has 0 rings (SSSR count). The minimum absolute atomic E-state index is 0.194. The van der Waals surface area contributed by atoms with Crippen molar-refractivity contribution >= 4 is 0 Å². The van der Waals surface area contributed by atoms with Crippen molar-refractivity contribution in [3.8, 4) is 0 Å². The highest BCUT2D eigenvalue weighted by molar-refractivity contribution is 4.74. The third kappa shape index (κ3) is 13.1. The Hall–Kier alpha value is -0.200. The van der Waals surface area contributed by atoms with Crippen LogP contribution in [0, 0.1) is 0 Å². The summed E-state index contributed by atoms with van der Waals surface area (Å²) in [6.07, 6.45) is 13.6. The smallest absolute Gasteiger partial charge is 0.0958 e. The third-order valence-electron chi connectivity index (χ3n) is 4.60. The fourth-order valence-corrected chi connectivity index (χ4v) is 2.84. The van der Waals surface area contributed by atoms with Crippen molar-refractivity contribution in [1.82, 2.24) is 4.90 Å². The van der Waals surface area contributed by atoms with Crippen LogP contribution in [-0.2, 0) is 4.74 Å². The normalized spacial score (nSPS) is 14.2. The zero-order valence-corrected chi connectivity index (χ0v) is 16.0. The van der Waals surface area contributed by atoms with Crippen molar-refractivity contribution in [1.29, 1.82) is 0 Å². The number of likely N-dealkylation sites (N-methyl/N-ethyl adjacent to an activating group) is 1. The van der Waals surface area contributed by atoms with Crippen molar-refractivity contribution in [3.63, 3.8) is 0 Å². The fraction of sp³-hybridized carbons (Fsp3) is 1.00. The van der Waals surface area contributed by atoms with Gasteiger partial charge in [-0.2, -0.15) is 0 Å². The largest absolute Gasteiger partial charge is 0.395 e. The molecule has 24 heavy (non-hydrogen) atoms. The van der Waals surface area contributed by atoms with Gasteiger partial charge >= 0.3 is 0 Å². The third-order valence-corrected chi connectivity index (χ3v) is 4.60. The van der Waals surface area contributed by atoms with Gasteiger partial charge in [0.15, 0.2) is 0 Å². The van der Waals surface area contributed by atoms with E-state index in [1.165, 1.54) is 69.1 Å². The summed E-state index contributed by atoms with van der Waals surface area (Å²) in [5, 5.41) is 28.2. The standard InChI is InChI=1S/C19H41NO4/c1-3-4-5-6-7-8-9-10-11-12-13-14-24-16-19(23)18(15-21)20(2)17-22/h18-19,21-23H,3-17H2,1-2H3. The highest BCUT2D eigenvalue weighted by atomic mass is 16.5. The van der Waals surface area contributed by atoms with Gasteiger partial charge in [-0.1, -0.05) is 71.1 Å². The number of rotatable bonds is 18. The van der Waals surface area contributed by atoms with E-state index in [1.807, 2.05) is 0 Å². The van der Waals surface area contributed by atoms with Gasteiger partial charge in [-0.05, 0) is 13.5 Å². The molecule has 146 valence electrons. The molecule has 0 amide bonds. The Labute approximate surface area is 149 Å². The molecule has 0 aliphatic rings. The van der Waals surface area contributed by atoms with Gasteiger partial charge in [-0.25, -0.2) is 0 Å². The van der Waals surface area contributed by atoms with Crippen LogP contribution >= 0.6 is 0 Å². The van der Waals surface area contributed by atoms with Crippen LogP contribution in [0.25, 0.3) is 0 Å². The number of nitrogens with zero attached hydrogens (tertiary/aromatic N) is 1. The average Bonchev–Trinajstić information content (AvgIpc) is 2.59. The van der Waals surface area contributed by atoms with E-state index in [9.17, 15) is 10.2 Å². The predicted molar refractivity (Wildman–Crippen MR) is 99.0 cm³/mol. The maximum Gasteiger partial charge on any atom is 0.0958 e. The average molecular weight is 348 g/mol. The van der Waals surface area contributed by atoms with Gasteiger partial charge in [-0.3, -0.25) is 4.90 Å². The molecule has 2 unspecified atom stereocenters. The Morgan fingerprint density at radius 1 is 0.833 bits per heavy atom. The van der Waals surface area contributed by atoms with Crippen LogP contribution < -0.4 is 0 Å². The molecule has 0 aromatic carbocycles. The van der Waals surface area contributed by atoms with Gasteiger partial charge in [0.25, 0.3) is 0 Å². The molecule has 0 saturated heterocycles. The Morgan fingerprint density at radius 3 is 1.79 bits per heavy atom. The van der Waals surface area contributed by atoms with Crippen molar-refractivity contribution in [2.75, 3.05) is 33.6 Å². The quantitative estimate of drug-likeness (QED) is 0.263. The van der Waals surface area contributed by atoms with Crippen LogP contribution in [-0.4, -0.2) is 66.0 Å². The summed E-state index contributed by atoms with van der Waals surface area (Å²) >= 11 is 0. The summed E-state index contributed by atoms with van der Waals surface area (Å²) in [5.74, 6) is 0. The summed E-state index contributed by atoms with van der Waals surface area (Å²) in [6, 6.07) is -0.479. The lowest BCUT2D eigenvalue weighted by molar-refractivity contribution is -0.0483. The molecule has 0 bridgehead atoms. The van der Waals surface area contributed by atoms with E-state index in [2.05, 4.69) is 6.92 Å². The number of hydrogen-bond donors (Lipinski definition) is 3. The molecule has 0 fully saturated rings. The van der Waals surface area contributed by atoms with Crippen molar-refractivity contribution in [2.45, 2.75) is 89.7 Å². The van der Waals surface area contributed by atoms with E-state index in [1.54, 1.807) is 7.05 Å². The van der Waals surface area contributed by atoms with Crippen LogP contribution in [0.15, 0.2) is 0 Å². The number of aliphatic hydroxyl groups excluding tert-OH is 3. The zero-order valence-electron chi connectivity index (χ0n) is 16.0. The molecule has 5 nitrogen and oxygen atoms in total. The number of ether oxygens (including phenoxy) is 1. The Bertz CT molecular complexity index is 254. The van der Waals surface area contributed by atoms with Crippen molar-refractivity contribution in [3.05, 3.63) is 0 Å². The van der Waals surface area contributed by atoms with Crippen LogP contribution in [0.2, 0.25) is 0 Å². The summed E-state index contributed by atoms with van der Waals surface area (Å²) in [5.41, 5.74) is 0. The first kappa shape index (κ1) is 23.8. The molecule has 3 N–H and O–H groups in total. The summed E-state index contributed by atoms with van der Waals surface area (Å²) in [4.78, 5) is 1.51. The maximum atomic E-state index is 9.95. The minimum atomic E-state index is -0.778. The minimum Gasteiger partial charge on any atom is -0.395 e. The van der Waals surface area contributed by atoms with Crippen LogP contribution in [0.3, 0.4) is 0 Å². The number of unbranched alkanes of at least 4 members (excludes halogenated alkanes) is 10. The Balaban J connectivity index is 3.35. The van der Waals surface area contributed by atoms with E-state index < -0.39 is 12.1 Å². The predicted octanol–water partition coefficient (Wildman–Crippen LogP) is 2.92. The summed E-state index contributed by atoms with van der Waals surface area (Å²) < 4.78 is 5.49. The molecule has 0 aromatic heterocycles. The lowest BCUT2D eigenvalue weighted by Crippen LogP contribution is -2.46. The van der Waals surface area contributed by atoms with Crippen molar-refractivity contribution in [2.24, 2.45) is 0 Å². The highest BCUT2D eigenvalue weighted by Gasteiger charge is 2.22. The van der Waals surface area contributed by atoms with E-state index in [-0.39, 0.29) is 19.9 Å². The number of hydrogen-bond acceptors (Lipinski definition) is 5. The molecule has 0 aliphatic heterocycles. The zero-order chi connectivity index (χ0) is 18.0. The SMILES string of the molecule is CCCCCCCCCCCCCOCC(O)C(CO)N(C)CO. The summed E-state index contributed by atoms with van der Waals surface area (Å²) in [6.45, 7) is 2.71. The fourth-order valence-electron chi connectivity index (χ4n) is 2.84. The van der Waals surface area contributed by atoms with E-state index in [4.69, 9.17) is 9.84 Å². The maximum absolute atomic E-state index is 9.95. The topological polar surface area (TPSA) is 73.2 Å². The van der Waals surface area contributed by atoms with E-state index >= 15 is 0 Å². The van der Waals surface area contributed by atoms with Gasteiger partial charge < -0.3 is 20.1 Å². The summed E-state index contributed by atoms with van der Waals surface area (Å²) in [7, 11) is 1.66. The van der Waals surface area contributed by atoms with Crippen LogP contribution in [0.1, 0.15) is 77.6 Å². The molecular weight excluding hydrogens is 306 g/mol. The van der Waals surface area contributed by atoms with Gasteiger partial charge in [0.1, 0.15) is 0 Å². The van der Waals surface area contributed by atoms with Gasteiger partial charge in [0, 0.05) is 6.61 Å². The molecule has 0 aliphatic carbocycles. The van der Waals surface area contributed by atoms with Crippen molar-refractivity contribution < 1.29 is 20.1 Å². The second-order valence-electron chi connectivity index (χ2n) is 6.83. The molecule has 2 atom stereocenters. The molecule has 0 spiro atoms. The molecule has 0 radical (unpaired) electrons. The monoisotopic (exact) mass is 347 g/mol. The second kappa shape index (κ2) is 17.6. The van der Waals surface area contributed by atoms with E-state index in [0.717, 1.165) is 6.42 Å². The lowest BCUT2D eigenvalue weighted by Gasteiger charge is -2.28. The Morgan fingerprint density at radius 2 is 1.33 bits per heavy atom. The molecule has 5 heteroatoms. The van der Waals surface area contributed by atoms with Crippen LogP contribution in [0.4, 0.5) is 0 Å².